The predicted octanol–water partition coefficient (Wildman–Crippen LogP) is 2.40. The number of nitrogens with zero attached hydrogens (tertiary/aromatic N) is 2. The van der Waals surface area contributed by atoms with Crippen molar-refractivity contribution in [2.75, 3.05) is 44.4 Å². The highest BCUT2D eigenvalue weighted by Crippen LogP contribution is 2.33. The molecule has 2 aromatic rings. The molecule has 0 radical (unpaired) electrons. The Balaban J connectivity index is 1.99. The third-order valence-electron chi connectivity index (χ3n) is 4.01. The van der Waals surface area contributed by atoms with Gasteiger partial charge in [0.05, 0.1) is 19.8 Å². The first kappa shape index (κ1) is 16.7. The molecular formula is C18H21FN2O3. The van der Waals surface area contributed by atoms with Crippen molar-refractivity contribution in [3.63, 3.8) is 0 Å². The van der Waals surface area contributed by atoms with Crippen LogP contribution in [0, 0.1) is 12.7 Å². The molecule has 1 N–H and O–H groups in total. The summed E-state index contributed by atoms with van der Waals surface area (Å²) in [6.45, 7) is 4.82. The zero-order valence-corrected chi connectivity index (χ0v) is 13.7. The SMILES string of the molecule is Cc1cc(F)ccc1-c1cnc(OCCO)c(N2CCOCC2)c1. The van der Waals surface area contributed by atoms with Crippen molar-refractivity contribution < 1.29 is 19.0 Å². The molecular weight excluding hydrogens is 311 g/mol. The lowest BCUT2D eigenvalue weighted by Crippen LogP contribution is -2.36. The predicted molar refractivity (Wildman–Crippen MR) is 90.0 cm³/mol. The van der Waals surface area contributed by atoms with Crippen LogP contribution in [0.2, 0.25) is 0 Å². The summed E-state index contributed by atoms with van der Waals surface area (Å²) in [7, 11) is 0. The minimum Gasteiger partial charge on any atom is -0.474 e. The van der Waals surface area contributed by atoms with Crippen LogP contribution in [0.1, 0.15) is 5.56 Å². The molecule has 1 aromatic heterocycles. The molecule has 0 spiro atoms. The van der Waals surface area contributed by atoms with Crippen molar-refractivity contribution in [3.05, 3.63) is 41.8 Å². The summed E-state index contributed by atoms with van der Waals surface area (Å²) in [5.41, 5.74) is 3.57. The summed E-state index contributed by atoms with van der Waals surface area (Å²) >= 11 is 0. The fourth-order valence-corrected chi connectivity index (χ4v) is 2.82. The lowest BCUT2D eigenvalue weighted by molar-refractivity contribution is 0.122. The maximum atomic E-state index is 13.4. The Morgan fingerprint density at radius 3 is 2.79 bits per heavy atom. The lowest BCUT2D eigenvalue weighted by atomic mass is 10.0. The van der Waals surface area contributed by atoms with E-state index in [2.05, 4.69) is 9.88 Å². The molecule has 0 atom stereocenters. The monoisotopic (exact) mass is 332 g/mol. The van der Waals surface area contributed by atoms with Gasteiger partial charge in [0.2, 0.25) is 5.88 Å². The molecule has 128 valence electrons. The number of benzene rings is 1. The highest BCUT2D eigenvalue weighted by atomic mass is 19.1. The molecule has 0 aliphatic carbocycles. The molecule has 0 bridgehead atoms. The van der Waals surface area contributed by atoms with Crippen LogP contribution in [0.5, 0.6) is 5.88 Å². The average Bonchev–Trinajstić information content (AvgIpc) is 2.61. The van der Waals surface area contributed by atoms with Gasteiger partial charge in [-0.1, -0.05) is 6.07 Å². The standard InChI is InChI=1S/C18H21FN2O3/c1-13-10-15(19)2-3-16(13)14-11-17(21-4-7-23-8-5-21)18(20-12-14)24-9-6-22/h2-3,10-12,22H,4-9H2,1H3. The summed E-state index contributed by atoms with van der Waals surface area (Å²) in [6, 6.07) is 6.73. The Morgan fingerprint density at radius 1 is 1.29 bits per heavy atom. The van der Waals surface area contributed by atoms with Crippen LogP contribution in [-0.2, 0) is 4.74 Å². The number of hydrogen-bond donors (Lipinski definition) is 1. The number of aryl methyl sites for hydroxylation is 1. The van der Waals surface area contributed by atoms with Crippen LogP contribution in [0.25, 0.3) is 11.1 Å². The number of ether oxygens (including phenoxy) is 2. The van der Waals surface area contributed by atoms with Crippen LogP contribution < -0.4 is 9.64 Å². The maximum Gasteiger partial charge on any atom is 0.237 e. The Morgan fingerprint density at radius 2 is 2.08 bits per heavy atom. The number of anilines is 1. The Bertz CT molecular complexity index is 703. The van der Waals surface area contributed by atoms with E-state index in [0.717, 1.165) is 35.5 Å². The number of hydrogen-bond acceptors (Lipinski definition) is 5. The van der Waals surface area contributed by atoms with Crippen molar-refractivity contribution in [1.29, 1.82) is 0 Å². The third-order valence-corrected chi connectivity index (χ3v) is 4.01. The number of rotatable bonds is 5. The van der Waals surface area contributed by atoms with Gasteiger partial charge in [0.15, 0.2) is 0 Å². The molecule has 0 saturated carbocycles. The molecule has 0 unspecified atom stereocenters. The molecule has 1 aliphatic heterocycles. The first-order valence-corrected chi connectivity index (χ1v) is 8.02. The Kier molecular flexibility index (Phi) is 5.27. The van der Waals surface area contributed by atoms with Crippen molar-refractivity contribution in [2.24, 2.45) is 0 Å². The minimum absolute atomic E-state index is 0.0664. The highest BCUT2D eigenvalue weighted by molar-refractivity contribution is 5.72. The van der Waals surface area contributed by atoms with E-state index in [1.54, 1.807) is 12.3 Å². The number of halogens is 1. The molecule has 2 heterocycles. The van der Waals surface area contributed by atoms with Gasteiger partial charge in [0.25, 0.3) is 0 Å². The first-order chi connectivity index (χ1) is 11.7. The van der Waals surface area contributed by atoms with E-state index in [1.807, 2.05) is 13.0 Å². The maximum absolute atomic E-state index is 13.4. The van der Waals surface area contributed by atoms with Crippen LogP contribution in [0.3, 0.4) is 0 Å². The highest BCUT2D eigenvalue weighted by Gasteiger charge is 2.18. The van der Waals surface area contributed by atoms with Gasteiger partial charge in [0, 0.05) is 24.8 Å². The van der Waals surface area contributed by atoms with Crippen molar-refractivity contribution >= 4 is 5.69 Å². The van der Waals surface area contributed by atoms with Gasteiger partial charge in [-0.2, -0.15) is 0 Å². The van der Waals surface area contributed by atoms with Gasteiger partial charge in [-0.3, -0.25) is 0 Å². The summed E-state index contributed by atoms with van der Waals surface area (Å²) < 4.78 is 24.3. The van der Waals surface area contributed by atoms with Gasteiger partial charge in [0.1, 0.15) is 18.1 Å². The van der Waals surface area contributed by atoms with Crippen LogP contribution >= 0.6 is 0 Å². The largest absolute Gasteiger partial charge is 0.474 e. The molecule has 1 aromatic carbocycles. The molecule has 1 saturated heterocycles. The van der Waals surface area contributed by atoms with E-state index in [1.165, 1.54) is 12.1 Å². The zero-order valence-electron chi connectivity index (χ0n) is 13.7. The van der Waals surface area contributed by atoms with E-state index >= 15 is 0 Å². The molecule has 1 fully saturated rings. The molecule has 1 aliphatic rings. The van der Waals surface area contributed by atoms with E-state index in [-0.39, 0.29) is 19.0 Å². The Hall–Kier alpha value is -2.18. The number of morpholine rings is 1. The van der Waals surface area contributed by atoms with Gasteiger partial charge >= 0.3 is 0 Å². The second-order valence-corrected chi connectivity index (χ2v) is 5.68. The number of aromatic nitrogens is 1. The number of aliphatic hydroxyl groups excluding tert-OH is 1. The average molecular weight is 332 g/mol. The third kappa shape index (κ3) is 3.66. The normalized spacial score (nSPS) is 14.7. The number of aliphatic hydroxyl groups is 1. The quantitative estimate of drug-likeness (QED) is 0.911. The van der Waals surface area contributed by atoms with Crippen molar-refractivity contribution in [1.82, 2.24) is 4.98 Å². The summed E-state index contributed by atoms with van der Waals surface area (Å²) in [6.07, 6.45) is 1.72. The van der Waals surface area contributed by atoms with Crippen molar-refractivity contribution in [2.45, 2.75) is 6.92 Å². The Labute approximate surface area is 140 Å². The van der Waals surface area contributed by atoms with Crippen LogP contribution in [0.4, 0.5) is 10.1 Å². The van der Waals surface area contributed by atoms with E-state index in [0.29, 0.717) is 19.1 Å². The van der Waals surface area contributed by atoms with E-state index < -0.39 is 0 Å². The topological polar surface area (TPSA) is 54.8 Å². The van der Waals surface area contributed by atoms with Gasteiger partial charge in [-0.25, -0.2) is 9.37 Å². The van der Waals surface area contributed by atoms with Crippen LogP contribution in [-0.4, -0.2) is 49.6 Å². The zero-order chi connectivity index (χ0) is 16.9. The van der Waals surface area contributed by atoms with Crippen molar-refractivity contribution in [3.8, 4) is 17.0 Å². The van der Waals surface area contributed by atoms with Gasteiger partial charge in [-0.05, 0) is 36.2 Å². The number of pyridine rings is 1. The molecule has 24 heavy (non-hydrogen) atoms. The molecule has 0 amide bonds. The van der Waals surface area contributed by atoms with Crippen LogP contribution in [0.15, 0.2) is 30.5 Å². The second-order valence-electron chi connectivity index (χ2n) is 5.68. The smallest absolute Gasteiger partial charge is 0.237 e. The molecule has 3 rings (SSSR count). The lowest BCUT2D eigenvalue weighted by Gasteiger charge is -2.30. The first-order valence-electron chi connectivity index (χ1n) is 8.02. The van der Waals surface area contributed by atoms with E-state index in [9.17, 15) is 4.39 Å². The molecule has 6 heteroatoms. The molecule has 5 nitrogen and oxygen atoms in total. The minimum atomic E-state index is -0.250. The fourth-order valence-electron chi connectivity index (χ4n) is 2.82. The van der Waals surface area contributed by atoms with Gasteiger partial charge < -0.3 is 19.5 Å². The van der Waals surface area contributed by atoms with Gasteiger partial charge in [-0.15, -0.1) is 0 Å². The van der Waals surface area contributed by atoms with E-state index in [4.69, 9.17) is 14.6 Å². The summed E-state index contributed by atoms with van der Waals surface area (Å²) in [4.78, 5) is 6.58. The summed E-state index contributed by atoms with van der Waals surface area (Å²) in [5, 5.41) is 9.00. The second kappa shape index (κ2) is 7.59. The fraction of sp³-hybridized carbons (Fsp3) is 0.389. The summed E-state index contributed by atoms with van der Waals surface area (Å²) in [5.74, 6) is 0.245.